The third-order valence-electron chi connectivity index (χ3n) is 11.1. The average molecular weight is 760 g/mol. The molecule has 4 aromatic carbocycles. The van der Waals surface area contributed by atoms with E-state index in [0.717, 1.165) is 33.0 Å². The van der Waals surface area contributed by atoms with E-state index in [1.54, 1.807) is 0 Å². The topological polar surface area (TPSA) is 133 Å². The Hall–Kier alpha value is -3.34. The number of hydrogen-bond acceptors (Lipinski definition) is 12. The molecule has 10 rings (SSSR count). The van der Waals surface area contributed by atoms with Crippen molar-refractivity contribution in [2.75, 3.05) is 13.2 Å². The standard InChI is InChI=1S/2C20H22B2O6/c2*1-12-3-7-14(8-4-12)21-25-16(11-23)17-18(26-21)19-20(24-17)28-22(27-19)15-9-5-13(2)6-10-15/h2*3-10,16-20,23H,11H2,1-2H3/t2*16-,17-,18+,19-,20-/m11/s1. The molecule has 12 nitrogen and oxygen atoms in total. The van der Waals surface area contributed by atoms with Crippen molar-refractivity contribution in [3.8, 4) is 0 Å². The molecule has 6 fully saturated rings. The van der Waals surface area contributed by atoms with E-state index in [4.69, 9.17) is 46.7 Å². The first-order chi connectivity index (χ1) is 27.2. The van der Waals surface area contributed by atoms with Crippen molar-refractivity contribution in [3.05, 3.63) is 119 Å². The molecule has 6 saturated heterocycles. The normalized spacial score (nSPS) is 31.8. The number of aliphatic hydroxyl groups is 2. The van der Waals surface area contributed by atoms with Gasteiger partial charge in [0, 0.05) is 0 Å². The van der Waals surface area contributed by atoms with Crippen LogP contribution in [0.25, 0.3) is 0 Å². The van der Waals surface area contributed by atoms with Gasteiger partial charge in [-0.05, 0) is 49.5 Å². The SMILES string of the molecule is Cc1ccc(B2O[C@H]3O[C@H]4[C@H](OB(c5ccc(C)cc5)O[C@@H]4CO)[C@H]3O2)cc1.Cc1ccc(B2O[C@H]3O[C@H]4[C@H](OB(c5ccc(C)cc5)O[C@@H]4CO)[C@H]3O2)cc1. The van der Waals surface area contributed by atoms with Gasteiger partial charge in [-0.2, -0.15) is 0 Å². The van der Waals surface area contributed by atoms with Gasteiger partial charge in [-0.1, -0.05) is 119 Å². The van der Waals surface area contributed by atoms with Crippen molar-refractivity contribution in [3.63, 3.8) is 0 Å². The third-order valence-corrected chi connectivity index (χ3v) is 11.1. The second-order valence-electron chi connectivity index (χ2n) is 15.3. The van der Waals surface area contributed by atoms with Crippen LogP contribution in [0.2, 0.25) is 0 Å². The van der Waals surface area contributed by atoms with Crippen LogP contribution in [-0.4, -0.2) is 113 Å². The van der Waals surface area contributed by atoms with E-state index in [1.807, 2.05) is 125 Å². The van der Waals surface area contributed by atoms with E-state index in [1.165, 1.54) is 11.1 Å². The van der Waals surface area contributed by atoms with Gasteiger partial charge in [-0.25, -0.2) is 0 Å². The van der Waals surface area contributed by atoms with Gasteiger partial charge >= 0.3 is 28.5 Å². The van der Waals surface area contributed by atoms with E-state index in [-0.39, 0.29) is 37.6 Å². The molecule has 0 saturated carbocycles. The Kier molecular flexibility index (Phi) is 11.0. The fraction of sp³-hybridized carbons (Fsp3) is 0.400. The number of rotatable bonds is 6. The summed E-state index contributed by atoms with van der Waals surface area (Å²) in [7, 11) is -2.14. The van der Waals surface area contributed by atoms with Crippen LogP contribution in [0.15, 0.2) is 97.1 Å². The lowest BCUT2D eigenvalue weighted by Gasteiger charge is -2.37. The molecular weight excluding hydrogens is 716 g/mol. The molecule has 0 unspecified atom stereocenters. The minimum absolute atomic E-state index is 0.159. The molecule has 0 bridgehead atoms. The molecule has 0 amide bonds. The van der Waals surface area contributed by atoms with Gasteiger partial charge in [0.2, 0.25) is 0 Å². The van der Waals surface area contributed by atoms with E-state index in [9.17, 15) is 10.2 Å². The minimum Gasteiger partial charge on any atom is -0.399 e. The zero-order valence-electron chi connectivity index (χ0n) is 31.7. The van der Waals surface area contributed by atoms with E-state index < -0.39 is 65.5 Å². The molecule has 4 aromatic rings. The molecule has 0 spiro atoms. The third kappa shape index (κ3) is 7.55. The predicted octanol–water partition coefficient (Wildman–Crippen LogP) is 0.621. The highest BCUT2D eigenvalue weighted by Crippen LogP contribution is 2.39. The highest BCUT2D eigenvalue weighted by Gasteiger charge is 2.61. The van der Waals surface area contributed by atoms with Crippen LogP contribution < -0.4 is 21.9 Å². The first-order valence-corrected chi connectivity index (χ1v) is 19.3. The van der Waals surface area contributed by atoms with Crippen LogP contribution in [-0.2, 0) is 46.7 Å². The molecular formula is C40H44B4O12. The highest BCUT2D eigenvalue weighted by molar-refractivity contribution is 6.63. The Morgan fingerprint density at radius 2 is 0.625 bits per heavy atom. The summed E-state index contributed by atoms with van der Waals surface area (Å²) in [4.78, 5) is 0. The summed E-state index contributed by atoms with van der Waals surface area (Å²) >= 11 is 0. The van der Waals surface area contributed by atoms with Gasteiger partial charge < -0.3 is 56.9 Å². The summed E-state index contributed by atoms with van der Waals surface area (Å²) in [6, 6.07) is 32.0. The Balaban J connectivity index is 0.000000146. The highest BCUT2D eigenvalue weighted by atomic mass is 16.8. The predicted molar refractivity (Wildman–Crippen MR) is 209 cm³/mol. The Morgan fingerprint density at radius 3 is 0.911 bits per heavy atom. The number of aliphatic hydroxyl groups excluding tert-OH is 2. The number of aryl methyl sites for hydroxylation is 4. The van der Waals surface area contributed by atoms with Crippen molar-refractivity contribution in [2.45, 2.75) is 89.1 Å². The fourth-order valence-electron chi connectivity index (χ4n) is 7.95. The molecule has 0 aliphatic carbocycles. The Morgan fingerprint density at radius 1 is 0.357 bits per heavy atom. The number of benzene rings is 4. The van der Waals surface area contributed by atoms with E-state index in [2.05, 4.69) is 0 Å². The first-order valence-electron chi connectivity index (χ1n) is 19.3. The number of fused-ring (bicyclic) bond motifs is 6. The molecule has 6 aliphatic heterocycles. The van der Waals surface area contributed by atoms with Crippen LogP contribution in [0.1, 0.15) is 22.3 Å². The average Bonchev–Trinajstić information content (AvgIpc) is 3.99. The van der Waals surface area contributed by atoms with Gasteiger partial charge in [0.1, 0.15) is 36.6 Å². The molecule has 0 aromatic heterocycles. The monoisotopic (exact) mass is 760 g/mol. The maximum absolute atomic E-state index is 9.82. The fourth-order valence-corrected chi connectivity index (χ4v) is 7.95. The Labute approximate surface area is 328 Å². The summed E-state index contributed by atoms with van der Waals surface area (Å²) in [5.41, 5.74) is 8.38. The summed E-state index contributed by atoms with van der Waals surface area (Å²) in [5.74, 6) is 0. The van der Waals surface area contributed by atoms with Crippen LogP contribution in [0.3, 0.4) is 0 Å². The maximum Gasteiger partial charge on any atom is 0.496 e. The van der Waals surface area contributed by atoms with E-state index in [0.29, 0.717) is 0 Å². The zero-order chi connectivity index (χ0) is 38.5. The van der Waals surface area contributed by atoms with Crippen LogP contribution in [0.4, 0.5) is 0 Å². The largest absolute Gasteiger partial charge is 0.496 e. The van der Waals surface area contributed by atoms with Crippen molar-refractivity contribution < 1.29 is 56.9 Å². The Bertz CT molecular complexity index is 1800. The van der Waals surface area contributed by atoms with Gasteiger partial charge in [-0.3, -0.25) is 0 Å². The van der Waals surface area contributed by atoms with Crippen LogP contribution >= 0.6 is 0 Å². The van der Waals surface area contributed by atoms with Crippen molar-refractivity contribution in [2.24, 2.45) is 0 Å². The second kappa shape index (κ2) is 16.1. The first kappa shape index (κ1) is 38.2. The van der Waals surface area contributed by atoms with Crippen molar-refractivity contribution >= 4 is 50.3 Å². The molecule has 56 heavy (non-hydrogen) atoms. The second-order valence-corrected chi connectivity index (χ2v) is 15.3. The van der Waals surface area contributed by atoms with Crippen molar-refractivity contribution in [1.29, 1.82) is 0 Å². The molecule has 10 atom stereocenters. The summed E-state index contributed by atoms with van der Waals surface area (Å²) in [5, 5.41) is 19.6. The molecule has 6 heterocycles. The van der Waals surface area contributed by atoms with Crippen molar-refractivity contribution in [1.82, 2.24) is 0 Å². The molecule has 2 N–H and O–H groups in total. The molecule has 16 heteroatoms. The van der Waals surface area contributed by atoms with Gasteiger partial charge in [0.05, 0.1) is 25.4 Å². The molecule has 0 radical (unpaired) electrons. The lowest BCUT2D eigenvalue weighted by molar-refractivity contribution is -0.137. The zero-order valence-corrected chi connectivity index (χ0v) is 31.7. The molecule has 6 aliphatic rings. The molecule has 288 valence electrons. The smallest absolute Gasteiger partial charge is 0.399 e. The maximum atomic E-state index is 9.82. The quantitative estimate of drug-likeness (QED) is 0.268. The summed E-state index contributed by atoms with van der Waals surface area (Å²) in [6.07, 6.45) is -4.45. The van der Waals surface area contributed by atoms with Gasteiger partial charge in [0.25, 0.3) is 0 Å². The van der Waals surface area contributed by atoms with Gasteiger partial charge in [-0.15, -0.1) is 0 Å². The van der Waals surface area contributed by atoms with Crippen LogP contribution in [0.5, 0.6) is 0 Å². The van der Waals surface area contributed by atoms with Gasteiger partial charge in [0.15, 0.2) is 12.6 Å². The lowest BCUT2D eigenvalue weighted by Crippen LogP contribution is -2.58. The van der Waals surface area contributed by atoms with E-state index >= 15 is 0 Å². The lowest BCUT2D eigenvalue weighted by atomic mass is 9.75. The summed E-state index contributed by atoms with van der Waals surface area (Å²) < 4.78 is 60.7. The minimum atomic E-state index is -0.580. The van der Waals surface area contributed by atoms with Crippen LogP contribution in [0, 0.1) is 27.7 Å². The number of hydrogen-bond donors (Lipinski definition) is 2. The number of ether oxygens (including phenoxy) is 2. The summed E-state index contributed by atoms with van der Waals surface area (Å²) in [6.45, 7) is 7.82.